The van der Waals surface area contributed by atoms with Crippen molar-refractivity contribution >= 4 is 47.2 Å². The monoisotopic (exact) mass is 475 g/mol. The van der Waals surface area contributed by atoms with E-state index in [0.29, 0.717) is 6.54 Å². The Morgan fingerprint density at radius 3 is 2.60 bits per heavy atom. The highest BCUT2D eigenvalue weighted by molar-refractivity contribution is 14.0. The van der Waals surface area contributed by atoms with E-state index in [4.69, 9.17) is 0 Å². The lowest BCUT2D eigenvalue weighted by molar-refractivity contribution is -0.127. The Morgan fingerprint density at radius 1 is 1.28 bits per heavy atom. The van der Waals surface area contributed by atoms with Gasteiger partial charge in [-0.05, 0) is 23.6 Å². The number of carbonyl (C=O) groups is 1. The van der Waals surface area contributed by atoms with E-state index in [9.17, 15) is 4.79 Å². The van der Waals surface area contributed by atoms with Gasteiger partial charge in [-0.3, -0.25) is 4.79 Å². The maximum absolute atomic E-state index is 11.8. The molecule has 0 radical (unpaired) electrons. The summed E-state index contributed by atoms with van der Waals surface area (Å²) in [7, 11) is 7.48. The minimum Gasteiger partial charge on any atom is -0.353 e. The molecule has 8 heteroatoms. The quantitative estimate of drug-likeness (QED) is 0.397. The van der Waals surface area contributed by atoms with Gasteiger partial charge in [0.2, 0.25) is 5.91 Å². The van der Waals surface area contributed by atoms with Crippen molar-refractivity contribution < 1.29 is 4.79 Å². The van der Waals surface area contributed by atoms with Gasteiger partial charge in [0.1, 0.15) is 6.54 Å². The van der Waals surface area contributed by atoms with Crippen molar-refractivity contribution in [1.82, 2.24) is 19.7 Å². The molecule has 1 amide bonds. The second kappa shape index (κ2) is 10.4. The zero-order chi connectivity index (χ0) is 17.5. The van der Waals surface area contributed by atoms with E-state index in [-0.39, 0.29) is 36.4 Å². The van der Waals surface area contributed by atoms with Crippen molar-refractivity contribution in [3.05, 3.63) is 46.4 Å². The zero-order valence-corrected chi connectivity index (χ0v) is 18.2. The van der Waals surface area contributed by atoms with E-state index in [2.05, 4.69) is 32.4 Å². The van der Waals surface area contributed by atoms with Gasteiger partial charge in [-0.2, -0.15) is 0 Å². The Balaban J connectivity index is 0.00000312. The Labute approximate surface area is 170 Å². The molecule has 0 unspecified atom stereocenters. The lowest BCUT2D eigenvalue weighted by Gasteiger charge is -2.23. The molecule has 0 aliphatic carbocycles. The number of thiophene rings is 1. The lowest BCUT2D eigenvalue weighted by Crippen LogP contribution is -2.39. The zero-order valence-electron chi connectivity index (χ0n) is 15.1. The first-order chi connectivity index (χ1) is 11.5. The molecule has 2 aromatic heterocycles. The van der Waals surface area contributed by atoms with Crippen molar-refractivity contribution in [2.24, 2.45) is 12.0 Å². The van der Waals surface area contributed by atoms with Crippen LogP contribution in [0.3, 0.4) is 0 Å². The molecule has 2 rings (SSSR count). The van der Waals surface area contributed by atoms with Crippen LogP contribution in [-0.2, 0) is 24.9 Å². The summed E-state index contributed by atoms with van der Waals surface area (Å²) in [6.45, 7) is 1.55. The number of likely N-dealkylation sites (N-methyl/N-ethyl adjacent to an activating group) is 1. The van der Waals surface area contributed by atoms with Gasteiger partial charge in [0, 0.05) is 45.0 Å². The Bertz CT molecular complexity index is 681. The number of aromatic nitrogens is 1. The third-order valence-corrected chi connectivity index (χ3v) is 4.55. The number of rotatable bonds is 6. The summed E-state index contributed by atoms with van der Waals surface area (Å²) in [5.74, 6) is 0.706. The number of nitrogens with zero attached hydrogens (tertiary/aromatic N) is 4. The van der Waals surface area contributed by atoms with Crippen molar-refractivity contribution in [3.63, 3.8) is 0 Å². The molecular weight excluding hydrogens is 449 g/mol. The fourth-order valence-electron chi connectivity index (χ4n) is 2.15. The number of guanidine groups is 1. The molecule has 0 saturated carbocycles. The first-order valence-corrected chi connectivity index (χ1v) is 8.67. The molecule has 0 atom stereocenters. The minimum atomic E-state index is -0.0160. The first kappa shape index (κ1) is 21.5. The lowest BCUT2D eigenvalue weighted by atomic mass is 10.4. The van der Waals surface area contributed by atoms with Crippen molar-refractivity contribution in [2.45, 2.75) is 13.1 Å². The van der Waals surface area contributed by atoms with Crippen molar-refractivity contribution in [1.29, 1.82) is 0 Å². The van der Waals surface area contributed by atoms with Gasteiger partial charge < -0.3 is 19.7 Å². The molecule has 0 aromatic carbocycles. The second-order valence-corrected chi connectivity index (χ2v) is 6.86. The number of hydrogen-bond donors (Lipinski definition) is 1. The molecule has 0 aliphatic heterocycles. The second-order valence-electron chi connectivity index (χ2n) is 5.83. The summed E-state index contributed by atoms with van der Waals surface area (Å²) in [6.07, 6.45) is 2.02. The smallest absolute Gasteiger partial charge is 0.243 e. The van der Waals surface area contributed by atoms with E-state index in [0.717, 1.165) is 12.5 Å². The van der Waals surface area contributed by atoms with E-state index in [1.807, 2.05) is 37.3 Å². The fourth-order valence-corrected chi connectivity index (χ4v) is 2.80. The minimum absolute atomic E-state index is 0. The van der Waals surface area contributed by atoms with Crippen LogP contribution in [0.15, 0.2) is 40.8 Å². The van der Waals surface area contributed by atoms with E-state index in [1.54, 1.807) is 30.3 Å². The molecule has 0 bridgehead atoms. The van der Waals surface area contributed by atoms with Crippen LogP contribution in [0, 0.1) is 0 Å². The molecule has 25 heavy (non-hydrogen) atoms. The highest BCUT2D eigenvalue weighted by Gasteiger charge is 2.11. The van der Waals surface area contributed by atoms with Crippen LogP contribution in [0.4, 0.5) is 0 Å². The predicted molar refractivity (Wildman–Crippen MR) is 114 cm³/mol. The predicted octanol–water partition coefficient (Wildman–Crippen LogP) is 2.37. The summed E-state index contributed by atoms with van der Waals surface area (Å²) in [5, 5.41) is 5.41. The third-order valence-electron chi connectivity index (χ3n) is 3.68. The highest BCUT2D eigenvalue weighted by atomic mass is 127. The van der Waals surface area contributed by atoms with Crippen LogP contribution >= 0.6 is 35.3 Å². The average molecular weight is 475 g/mol. The van der Waals surface area contributed by atoms with Gasteiger partial charge >= 0.3 is 0 Å². The number of hydrogen-bond acceptors (Lipinski definition) is 3. The topological polar surface area (TPSA) is 52.9 Å². The Hall–Kier alpha value is -1.55. The highest BCUT2D eigenvalue weighted by Crippen LogP contribution is 2.08. The van der Waals surface area contributed by atoms with Crippen LogP contribution in [0.2, 0.25) is 0 Å². The summed E-state index contributed by atoms with van der Waals surface area (Å²) < 4.78 is 2.08. The van der Waals surface area contributed by atoms with Crippen LogP contribution in [-0.4, -0.2) is 53.9 Å². The standard InChI is InChI=1S/C17H25N5OS.HI/c1-20(2)16(23)12-19-17(18-11-15-8-6-10-24-15)22(4)13-14-7-5-9-21(14)3;/h5-10H,11-13H2,1-4H3,(H,18,19);1H. The molecule has 6 nitrogen and oxygen atoms in total. The molecule has 0 spiro atoms. The molecule has 2 heterocycles. The number of aryl methyl sites for hydroxylation is 1. The number of amides is 1. The summed E-state index contributed by atoms with van der Waals surface area (Å²) in [5.41, 5.74) is 1.18. The van der Waals surface area contributed by atoms with E-state index >= 15 is 0 Å². The summed E-state index contributed by atoms with van der Waals surface area (Å²) >= 11 is 1.70. The SMILES string of the molecule is CN(C)C(=O)CN=C(NCc1cccs1)N(C)Cc1cccn1C.I. The normalized spacial score (nSPS) is 11.0. The van der Waals surface area contributed by atoms with Gasteiger partial charge in [0.05, 0.1) is 13.1 Å². The number of halogens is 1. The Kier molecular flexibility index (Phi) is 8.98. The largest absolute Gasteiger partial charge is 0.353 e. The van der Waals surface area contributed by atoms with E-state index < -0.39 is 0 Å². The van der Waals surface area contributed by atoms with Crippen LogP contribution in [0.5, 0.6) is 0 Å². The molecule has 1 N–H and O–H groups in total. The molecule has 2 aromatic rings. The van der Waals surface area contributed by atoms with Crippen molar-refractivity contribution in [2.75, 3.05) is 27.7 Å². The third kappa shape index (κ3) is 6.69. The van der Waals surface area contributed by atoms with Gasteiger partial charge in [0.15, 0.2) is 5.96 Å². The molecule has 138 valence electrons. The Morgan fingerprint density at radius 2 is 2.04 bits per heavy atom. The maximum atomic E-state index is 11.8. The molecular formula is C17H26IN5OS. The van der Waals surface area contributed by atoms with E-state index in [1.165, 1.54) is 10.6 Å². The van der Waals surface area contributed by atoms with Crippen molar-refractivity contribution in [3.8, 4) is 0 Å². The number of aliphatic imine (C=N–C) groups is 1. The van der Waals surface area contributed by atoms with Crippen LogP contribution < -0.4 is 5.32 Å². The number of carbonyl (C=O) groups excluding carboxylic acids is 1. The molecule has 0 aliphatic rings. The fraction of sp³-hybridized carbons (Fsp3) is 0.412. The van der Waals surface area contributed by atoms with Crippen LogP contribution in [0.1, 0.15) is 10.6 Å². The van der Waals surface area contributed by atoms with Gasteiger partial charge in [-0.25, -0.2) is 4.99 Å². The maximum Gasteiger partial charge on any atom is 0.243 e. The summed E-state index contributed by atoms with van der Waals surface area (Å²) in [4.78, 5) is 21.2. The summed E-state index contributed by atoms with van der Waals surface area (Å²) in [6, 6.07) is 8.21. The molecule has 0 fully saturated rings. The number of nitrogens with one attached hydrogen (secondary N) is 1. The van der Waals surface area contributed by atoms with Gasteiger partial charge in [0.25, 0.3) is 0 Å². The molecule has 0 saturated heterocycles. The van der Waals surface area contributed by atoms with Gasteiger partial charge in [-0.15, -0.1) is 35.3 Å². The first-order valence-electron chi connectivity index (χ1n) is 7.79. The van der Waals surface area contributed by atoms with Crippen LogP contribution in [0.25, 0.3) is 0 Å². The van der Waals surface area contributed by atoms with Gasteiger partial charge in [-0.1, -0.05) is 6.07 Å². The average Bonchev–Trinajstić information content (AvgIpc) is 3.19.